The summed E-state index contributed by atoms with van der Waals surface area (Å²) >= 11 is 0. The van der Waals surface area contributed by atoms with Crippen molar-refractivity contribution in [2.75, 3.05) is 6.67 Å². The molecule has 0 amide bonds. The fourth-order valence-corrected chi connectivity index (χ4v) is 4.97. The summed E-state index contributed by atoms with van der Waals surface area (Å²) in [5.74, 6) is -0.684. The second-order valence-corrected chi connectivity index (χ2v) is 9.95. The smallest absolute Gasteiger partial charge is 0.331 e. The zero-order valence-electron chi connectivity index (χ0n) is 16.1. The van der Waals surface area contributed by atoms with E-state index in [-0.39, 0.29) is 12.8 Å². The lowest BCUT2D eigenvalue weighted by atomic mass is 9.90. The number of aromatic nitrogens is 2. The number of aliphatic hydroxyl groups excluding tert-OH is 2. The molecule has 0 bridgehead atoms. The van der Waals surface area contributed by atoms with Gasteiger partial charge in [0.25, 0.3) is 5.56 Å². The van der Waals surface area contributed by atoms with Crippen molar-refractivity contribution in [3.8, 4) is 0 Å². The predicted molar refractivity (Wildman–Crippen MR) is 100 cm³/mol. The number of alkyl halides is 1. The summed E-state index contributed by atoms with van der Waals surface area (Å²) < 4.78 is 32.5. The third-order valence-electron chi connectivity index (χ3n) is 5.46. The van der Waals surface area contributed by atoms with E-state index in [4.69, 9.17) is 4.52 Å². The average molecular weight is 422 g/mol. The number of halogens is 1. The van der Waals surface area contributed by atoms with Crippen LogP contribution in [0.25, 0.3) is 0 Å². The minimum absolute atomic E-state index is 0.103. The van der Waals surface area contributed by atoms with Crippen LogP contribution in [0.3, 0.4) is 0 Å². The maximum Gasteiger partial charge on any atom is 0.331 e. The van der Waals surface area contributed by atoms with E-state index in [1.807, 2.05) is 0 Å². The van der Waals surface area contributed by atoms with Gasteiger partial charge in [0.05, 0.1) is 17.8 Å². The molecule has 0 aromatic carbocycles. The average Bonchev–Trinajstić information content (AvgIpc) is 2.88. The molecule has 0 spiro atoms. The third-order valence-corrected chi connectivity index (χ3v) is 7.64. The van der Waals surface area contributed by atoms with Gasteiger partial charge in [0.2, 0.25) is 0 Å². The Labute approximate surface area is 161 Å². The molecule has 1 saturated carbocycles. The molecule has 2 rings (SSSR count). The van der Waals surface area contributed by atoms with Crippen molar-refractivity contribution in [2.24, 2.45) is 5.92 Å². The van der Waals surface area contributed by atoms with E-state index >= 15 is 0 Å². The summed E-state index contributed by atoms with van der Waals surface area (Å²) in [7, 11) is -4.08. The summed E-state index contributed by atoms with van der Waals surface area (Å²) in [4.78, 5) is 35.4. The molecule has 0 aliphatic heterocycles. The highest BCUT2D eigenvalue weighted by molar-refractivity contribution is 7.53. The Kier molecular flexibility index (Phi) is 7.04. The molecule has 7 atom stereocenters. The van der Waals surface area contributed by atoms with Gasteiger partial charge in [0, 0.05) is 12.3 Å². The first kappa shape index (κ1) is 23.0. The van der Waals surface area contributed by atoms with Gasteiger partial charge in [-0.1, -0.05) is 13.8 Å². The Hall–Kier alpha value is -1.32. The van der Waals surface area contributed by atoms with Crippen molar-refractivity contribution in [3.05, 3.63) is 33.1 Å². The zero-order valence-corrected chi connectivity index (χ0v) is 17.0. The van der Waals surface area contributed by atoms with E-state index < -0.39 is 60.9 Å². The molecule has 1 aliphatic carbocycles. The van der Waals surface area contributed by atoms with Crippen LogP contribution in [-0.4, -0.2) is 54.8 Å². The molecule has 0 saturated heterocycles. The molecule has 11 heteroatoms. The lowest BCUT2D eigenvalue weighted by Gasteiger charge is -2.34. The minimum Gasteiger partial charge on any atom is -0.390 e. The summed E-state index contributed by atoms with van der Waals surface area (Å²) in [6, 6.07) is 0.292. The van der Waals surface area contributed by atoms with Crippen molar-refractivity contribution >= 4 is 7.60 Å². The first-order valence-corrected chi connectivity index (χ1v) is 10.9. The van der Waals surface area contributed by atoms with Crippen LogP contribution in [0.1, 0.15) is 46.1 Å². The Morgan fingerprint density at radius 3 is 2.61 bits per heavy atom. The molecule has 1 heterocycles. The second-order valence-electron chi connectivity index (χ2n) is 7.76. The van der Waals surface area contributed by atoms with Gasteiger partial charge in [-0.2, -0.15) is 0 Å². The van der Waals surface area contributed by atoms with Gasteiger partial charge in [-0.15, -0.1) is 0 Å². The molecule has 0 radical (unpaired) electrons. The highest BCUT2D eigenvalue weighted by Crippen LogP contribution is 2.54. The maximum absolute atomic E-state index is 13.7. The molecule has 9 nitrogen and oxygen atoms in total. The van der Waals surface area contributed by atoms with Gasteiger partial charge < -0.3 is 15.1 Å². The van der Waals surface area contributed by atoms with Gasteiger partial charge >= 0.3 is 13.3 Å². The molecule has 1 aromatic rings. The topological polar surface area (TPSA) is 142 Å². The molecule has 4 N–H and O–H groups in total. The molecule has 160 valence electrons. The van der Waals surface area contributed by atoms with Crippen LogP contribution in [-0.2, 0) is 9.09 Å². The van der Waals surface area contributed by atoms with E-state index in [1.54, 1.807) is 6.92 Å². The highest BCUT2D eigenvalue weighted by Gasteiger charge is 2.47. The van der Waals surface area contributed by atoms with Crippen LogP contribution in [0.5, 0.6) is 0 Å². The van der Waals surface area contributed by atoms with Crippen molar-refractivity contribution in [3.63, 3.8) is 0 Å². The number of hydrogen-bond donors (Lipinski definition) is 4. The van der Waals surface area contributed by atoms with E-state index in [1.165, 1.54) is 20.0 Å². The number of rotatable bonds is 8. The Balaban J connectivity index is 2.21. The summed E-state index contributed by atoms with van der Waals surface area (Å²) in [6.07, 6.45) is -1.05. The molecule has 1 fully saturated rings. The van der Waals surface area contributed by atoms with Crippen LogP contribution < -0.4 is 11.2 Å². The molecule has 1 aliphatic rings. The number of aromatic amines is 1. The lowest BCUT2D eigenvalue weighted by Crippen LogP contribution is -2.38. The third kappa shape index (κ3) is 4.80. The van der Waals surface area contributed by atoms with Crippen molar-refractivity contribution < 1.29 is 28.6 Å². The van der Waals surface area contributed by atoms with Gasteiger partial charge in [-0.05, 0) is 32.1 Å². The Bertz CT molecular complexity index is 843. The SMILES string of the molecule is CCC(C)P(=O)(O)OC(C)(CF)C[C@H]1CC(n2ccc(=O)[nH]c2=O)[C@H](O)[C@@H]1O. The molecular formula is C17H28FN2O7P. The predicted octanol–water partition coefficient (Wildman–Crippen LogP) is 0.938. The number of H-pyrrole nitrogens is 1. The summed E-state index contributed by atoms with van der Waals surface area (Å²) in [6.45, 7) is 3.53. The largest absolute Gasteiger partial charge is 0.390 e. The van der Waals surface area contributed by atoms with Crippen LogP contribution in [0, 0.1) is 5.92 Å². The minimum atomic E-state index is -4.08. The fourth-order valence-electron chi connectivity index (χ4n) is 3.57. The van der Waals surface area contributed by atoms with Crippen molar-refractivity contribution in [1.29, 1.82) is 0 Å². The normalized spacial score (nSPS) is 30.5. The first-order chi connectivity index (χ1) is 12.9. The number of aliphatic hydroxyl groups is 2. The Morgan fingerprint density at radius 2 is 2.07 bits per heavy atom. The van der Waals surface area contributed by atoms with E-state index in [2.05, 4.69) is 4.98 Å². The van der Waals surface area contributed by atoms with Crippen molar-refractivity contribution in [2.45, 2.75) is 69.5 Å². The second kappa shape index (κ2) is 8.59. The summed E-state index contributed by atoms with van der Waals surface area (Å²) in [5, 5.41) is 20.8. The zero-order chi connectivity index (χ0) is 21.3. The fraction of sp³-hybridized carbons (Fsp3) is 0.765. The van der Waals surface area contributed by atoms with Crippen LogP contribution >= 0.6 is 7.60 Å². The quantitative estimate of drug-likeness (QED) is 0.457. The first-order valence-electron chi connectivity index (χ1n) is 9.21. The van der Waals surface area contributed by atoms with Crippen molar-refractivity contribution in [1.82, 2.24) is 9.55 Å². The van der Waals surface area contributed by atoms with E-state index in [0.29, 0.717) is 6.42 Å². The molecule has 1 aromatic heterocycles. The monoisotopic (exact) mass is 422 g/mol. The molecular weight excluding hydrogens is 394 g/mol. The van der Waals surface area contributed by atoms with Gasteiger partial charge in [0.1, 0.15) is 18.4 Å². The van der Waals surface area contributed by atoms with Gasteiger partial charge in [0.15, 0.2) is 0 Å². The van der Waals surface area contributed by atoms with Crippen LogP contribution in [0.15, 0.2) is 21.9 Å². The molecule has 4 unspecified atom stereocenters. The van der Waals surface area contributed by atoms with E-state index in [9.17, 15) is 33.7 Å². The number of hydrogen-bond acceptors (Lipinski definition) is 6. The standard InChI is InChI=1S/C17H28FN2O7P/c1-4-10(2)28(25,26)27-17(3,9-18)8-11-7-12(15(23)14(11)22)20-6-5-13(21)19-16(20)24/h5-6,10-12,14-15,22-23H,4,7-9H2,1-3H3,(H,25,26)(H,19,21,24)/t10?,11-,12?,14-,15+,17?/m1/s1. The van der Waals surface area contributed by atoms with Crippen LogP contribution in [0.4, 0.5) is 4.39 Å². The summed E-state index contributed by atoms with van der Waals surface area (Å²) in [5.41, 5.74) is -3.63. The number of nitrogens with zero attached hydrogens (tertiary/aromatic N) is 1. The molecule has 28 heavy (non-hydrogen) atoms. The highest BCUT2D eigenvalue weighted by atomic mass is 31.2. The van der Waals surface area contributed by atoms with Gasteiger partial charge in [-0.25, -0.2) is 9.18 Å². The van der Waals surface area contributed by atoms with Crippen LogP contribution in [0.2, 0.25) is 0 Å². The maximum atomic E-state index is 13.7. The van der Waals surface area contributed by atoms with Gasteiger partial charge in [-0.3, -0.25) is 23.4 Å². The van der Waals surface area contributed by atoms with E-state index in [0.717, 1.165) is 10.6 Å². The lowest BCUT2D eigenvalue weighted by molar-refractivity contribution is -0.0255. The Morgan fingerprint density at radius 1 is 1.43 bits per heavy atom. The number of nitrogens with one attached hydrogen (secondary N) is 1.